The van der Waals surface area contributed by atoms with Gasteiger partial charge in [-0.15, -0.1) is 0 Å². The highest BCUT2D eigenvalue weighted by Crippen LogP contribution is 2.29. The molecule has 1 aliphatic rings. The van der Waals surface area contributed by atoms with Crippen LogP contribution in [0.25, 0.3) is 0 Å². The summed E-state index contributed by atoms with van der Waals surface area (Å²) in [6.07, 6.45) is 5.43. The highest BCUT2D eigenvalue weighted by atomic mass is 16.5. The Morgan fingerprint density at radius 1 is 1.13 bits per heavy atom. The van der Waals surface area contributed by atoms with Gasteiger partial charge in [-0.25, -0.2) is 0 Å². The van der Waals surface area contributed by atoms with Crippen molar-refractivity contribution in [3.8, 4) is 11.5 Å². The molecule has 1 aromatic heterocycles. The predicted octanol–water partition coefficient (Wildman–Crippen LogP) is 5.27. The summed E-state index contributed by atoms with van der Waals surface area (Å²) in [6, 6.07) is 16.0. The summed E-state index contributed by atoms with van der Waals surface area (Å²) in [5.41, 5.74) is 2.42. The smallest absolute Gasteiger partial charge is 0.258 e. The van der Waals surface area contributed by atoms with Gasteiger partial charge in [0, 0.05) is 55.8 Å². The van der Waals surface area contributed by atoms with Crippen LogP contribution < -0.4 is 14.8 Å². The molecule has 0 unspecified atom stereocenters. The molecule has 2 N–H and O–H groups in total. The number of methoxy groups -OCH3 is 1. The first-order valence-electron chi connectivity index (χ1n) is 16.1. The number of rotatable bonds is 9. The fourth-order valence-corrected chi connectivity index (χ4v) is 5.58. The lowest BCUT2D eigenvalue weighted by Gasteiger charge is -2.36. The standard InChI is InChI=1S/C36H48N4O6/c1-25-21-40(26(2)24-41)36(43)32-20-30(38-35(42)29-15-17-37-18-16-29)11-14-33(32)46-27(3)8-6-7-19-45-34(25)23-39(4)22-28-9-12-31(44-5)13-10-28/h9-18,20,25-27,34,41H,6-8,19,21-24H2,1-5H3,(H,38,42)/t25-,26+,27-,34+/m1/s1. The van der Waals surface area contributed by atoms with Crippen molar-refractivity contribution in [2.24, 2.45) is 5.92 Å². The van der Waals surface area contributed by atoms with Crippen molar-refractivity contribution in [1.82, 2.24) is 14.8 Å². The summed E-state index contributed by atoms with van der Waals surface area (Å²) in [5.74, 6) is 0.640. The third kappa shape index (κ3) is 9.75. The van der Waals surface area contributed by atoms with Gasteiger partial charge in [0.05, 0.1) is 37.5 Å². The van der Waals surface area contributed by atoms with Crippen molar-refractivity contribution in [3.63, 3.8) is 0 Å². The number of aliphatic hydroxyl groups excluding tert-OH is 1. The van der Waals surface area contributed by atoms with Gasteiger partial charge in [0.15, 0.2) is 0 Å². The lowest BCUT2D eigenvalue weighted by atomic mass is 10.0. The Bertz CT molecular complexity index is 1400. The number of hydrogen-bond donors (Lipinski definition) is 2. The first kappa shape index (κ1) is 34.9. The molecule has 1 aliphatic heterocycles. The number of pyridine rings is 1. The van der Waals surface area contributed by atoms with Gasteiger partial charge < -0.3 is 29.5 Å². The minimum Gasteiger partial charge on any atom is -0.497 e. The Morgan fingerprint density at radius 3 is 2.57 bits per heavy atom. The molecule has 2 heterocycles. The summed E-state index contributed by atoms with van der Waals surface area (Å²) < 4.78 is 18.1. The second kappa shape index (κ2) is 17.1. The molecule has 2 aromatic carbocycles. The zero-order chi connectivity index (χ0) is 33.1. The number of aliphatic hydroxyl groups is 1. The number of nitrogens with one attached hydrogen (secondary N) is 1. The van der Waals surface area contributed by atoms with E-state index in [1.54, 1.807) is 54.7 Å². The fourth-order valence-electron chi connectivity index (χ4n) is 5.58. The first-order chi connectivity index (χ1) is 22.2. The maximum absolute atomic E-state index is 14.3. The van der Waals surface area contributed by atoms with Crippen LogP contribution in [-0.4, -0.2) is 90.4 Å². The quantitative estimate of drug-likeness (QED) is 0.328. The normalized spacial score (nSPS) is 20.3. The van der Waals surface area contributed by atoms with Crippen LogP contribution in [-0.2, 0) is 11.3 Å². The number of hydrogen-bond acceptors (Lipinski definition) is 8. The van der Waals surface area contributed by atoms with Gasteiger partial charge in [-0.05, 0) is 88.2 Å². The van der Waals surface area contributed by atoms with Gasteiger partial charge in [-0.3, -0.25) is 19.5 Å². The van der Waals surface area contributed by atoms with Crippen LogP contribution in [0.15, 0.2) is 67.0 Å². The molecule has 10 heteroatoms. The average molecular weight is 633 g/mol. The van der Waals surface area contributed by atoms with Gasteiger partial charge >= 0.3 is 0 Å². The third-order valence-electron chi connectivity index (χ3n) is 8.36. The molecule has 0 bridgehead atoms. The van der Waals surface area contributed by atoms with Crippen molar-refractivity contribution in [1.29, 1.82) is 0 Å². The van der Waals surface area contributed by atoms with Crippen molar-refractivity contribution in [2.45, 2.75) is 64.8 Å². The van der Waals surface area contributed by atoms with E-state index >= 15 is 0 Å². The Balaban J connectivity index is 1.59. The number of amides is 2. The first-order valence-corrected chi connectivity index (χ1v) is 16.1. The molecule has 46 heavy (non-hydrogen) atoms. The molecular formula is C36H48N4O6. The van der Waals surface area contributed by atoms with E-state index in [0.717, 1.165) is 31.6 Å². The molecule has 10 nitrogen and oxygen atoms in total. The topological polar surface area (TPSA) is 113 Å². The Hall–Kier alpha value is -3.99. The van der Waals surface area contributed by atoms with Gasteiger partial charge in [0.1, 0.15) is 11.5 Å². The SMILES string of the molecule is COc1ccc(CN(C)C[C@@H]2OCCCC[C@@H](C)Oc3ccc(NC(=O)c4ccncc4)cc3C(=O)N([C@@H](C)CO)C[C@H]2C)cc1. The van der Waals surface area contributed by atoms with Crippen LogP contribution in [0.1, 0.15) is 66.3 Å². The molecule has 4 rings (SSSR count). The van der Waals surface area contributed by atoms with Crippen LogP contribution in [0.5, 0.6) is 11.5 Å². The predicted molar refractivity (Wildman–Crippen MR) is 178 cm³/mol. The molecule has 0 aliphatic carbocycles. The van der Waals surface area contributed by atoms with Gasteiger partial charge in [0.2, 0.25) is 0 Å². The molecule has 248 valence electrons. The van der Waals surface area contributed by atoms with Crippen LogP contribution in [0.4, 0.5) is 5.69 Å². The number of benzene rings is 2. The van der Waals surface area contributed by atoms with E-state index in [-0.39, 0.29) is 36.5 Å². The molecule has 4 atom stereocenters. The van der Waals surface area contributed by atoms with E-state index in [2.05, 4.69) is 41.3 Å². The molecule has 0 saturated carbocycles. The number of fused-ring (bicyclic) bond motifs is 1. The zero-order valence-electron chi connectivity index (χ0n) is 27.6. The highest BCUT2D eigenvalue weighted by Gasteiger charge is 2.30. The monoisotopic (exact) mass is 632 g/mol. The van der Waals surface area contributed by atoms with Crippen LogP contribution in [0, 0.1) is 5.92 Å². The number of carbonyl (C=O) groups is 2. The number of carbonyl (C=O) groups excluding carboxylic acids is 2. The number of nitrogens with zero attached hydrogens (tertiary/aromatic N) is 3. The average Bonchev–Trinajstić information content (AvgIpc) is 3.06. The van der Waals surface area contributed by atoms with Gasteiger partial charge in [0.25, 0.3) is 11.8 Å². The molecule has 0 spiro atoms. The summed E-state index contributed by atoms with van der Waals surface area (Å²) >= 11 is 0. The number of ether oxygens (including phenoxy) is 3. The summed E-state index contributed by atoms with van der Waals surface area (Å²) in [5, 5.41) is 13.1. The Labute approximate surface area is 272 Å². The second-order valence-electron chi connectivity index (χ2n) is 12.2. The largest absolute Gasteiger partial charge is 0.497 e. The highest BCUT2D eigenvalue weighted by molar-refractivity contribution is 6.05. The van der Waals surface area contributed by atoms with Crippen molar-refractivity contribution in [3.05, 3.63) is 83.7 Å². The van der Waals surface area contributed by atoms with E-state index in [1.807, 2.05) is 26.0 Å². The van der Waals surface area contributed by atoms with E-state index in [4.69, 9.17) is 14.2 Å². The van der Waals surface area contributed by atoms with Crippen LogP contribution in [0.3, 0.4) is 0 Å². The number of aromatic nitrogens is 1. The summed E-state index contributed by atoms with van der Waals surface area (Å²) in [7, 11) is 3.73. The molecule has 0 saturated heterocycles. The number of anilines is 1. The fraction of sp³-hybridized carbons (Fsp3) is 0.472. The minimum absolute atomic E-state index is 0.0444. The van der Waals surface area contributed by atoms with Crippen LogP contribution >= 0.6 is 0 Å². The van der Waals surface area contributed by atoms with Crippen LogP contribution in [0.2, 0.25) is 0 Å². The van der Waals surface area contributed by atoms with Gasteiger partial charge in [-0.1, -0.05) is 19.1 Å². The van der Waals surface area contributed by atoms with Crippen molar-refractivity contribution in [2.75, 3.05) is 45.8 Å². The van der Waals surface area contributed by atoms with Crippen molar-refractivity contribution < 1.29 is 28.9 Å². The van der Waals surface area contributed by atoms with E-state index in [1.165, 1.54) is 5.56 Å². The lowest BCUT2D eigenvalue weighted by molar-refractivity contribution is -0.0177. The Kier molecular flexibility index (Phi) is 12.9. The van der Waals surface area contributed by atoms with Crippen molar-refractivity contribution >= 4 is 17.5 Å². The second-order valence-corrected chi connectivity index (χ2v) is 12.2. The van der Waals surface area contributed by atoms with E-state index in [9.17, 15) is 14.7 Å². The molecule has 2 amide bonds. The minimum atomic E-state index is -0.458. The summed E-state index contributed by atoms with van der Waals surface area (Å²) in [6.45, 7) is 8.10. The van der Waals surface area contributed by atoms with Gasteiger partial charge in [-0.2, -0.15) is 0 Å². The lowest BCUT2D eigenvalue weighted by Crippen LogP contribution is -2.47. The number of likely N-dealkylation sites (N-methyl/N-ethyl adjacent to an activating group) is 1. The zero-order valence-corrected chi connectivity index (χ0v) is 27.6. The maximum Gasteiger partial charge on any atom is 0.258 e. The summed E-state index contributed by atoms with van der Waals surface area (Å²) in [4.78, 5) is 35.1. The van der Waals surface area contributed by atoms with E-state index < -0.39 is 6.04 Å². The molecule has 3 aromatic rings. The molecule has 0 fully saturated rings. The Morgan fingerprint density at radius 2 is 1.87 bits per heavy atom. The maximum atomic E-state index is 14.3. The molecule has 0 radical (unpaired) electrons. The third-order valence-corrected chi connectivity index (χ3v) is 8.36. The van der Waals surface area contributed by atoms with E-state index in [0.29, 0.717) is 42.3 Å². The molecular weight excluding hydrogens is 584 g/mol.